The summed E-state index contributed by atoms with van der Waals surface area (Å²) >= 11 is 1.89. The maximum atomic E-state index is 5.17. The van der Waals surface area contributed by atoms with Crippen LogP contribution in [0.1, 0.15) is 33.6 Å². The highest BCUT2D eigenvalue weighted by molar-refractivity contribution is 8.14. The molecule has 94 valence electrons. The van der Waals surface area contributed by atoms with Crippen molar-refractivity contribution in [1.82, 2.24) is 5.32 Å². The lowest BCUT2D eigenvalue weighted by atomic mass is 10.1. The number of methoxy groups -OCH3 is 1. The van der Waals surface area contributed by atoms with Gasteiger partial charge >= 0.3 is 0 Å². The summed E-state index contributed by atoms with van der Waals surface area (Å²) in [5, 5.41) is 5.23. The number of nitrogens with one attached hydrogen (secondary N) is 1. The zero-order chi connectivity index (χ0) is 12.0. The van der Waals surface area contributed by atoms with Gasteiger partial charge < -0.3 is 10.1 Å². The number of hydrogen-bond donors (Lipinski definition) is 1. The molecule has 16 heavy (non-hydrogen) atoms. The lowest BCUT2D eigenvalue weighted by Gasteiger charge is -2.17. The second-order valence-electron chi connectivity index (χ2n) is 4.72. The van der Waals surface area contributed by atoms with Crippen LogP contribution in [0, 0.1) is 5.92 Å². The van der Waals surface area contributed by atoms with Gasteiger partial charge in [-0.3, -0.25) is 4.99 Å². The van der Waals surface area contributed by atoms with Gasteiger partial charge in [-0.2, -0.15) is 0 Å². The minimum absolute atomic E-state index is 0.397. The van der Waals surface area contributed by atoms with Gasteiger partial charge in [-0.25, -0.2) is 0 Å². The predicted molar refractivity (Wildman–Crippen MR) is 72.2 cm³/mol. The van der Waals surface area contributed by atoms with E-state index >= 15 is 0 Å². The van der Waals surface area contributed by atoms with Gasteiger partial charge in [0.2, 0.25) is 0 Å². The number of amidine groups is 1. The molecule has 1 rings (SSSR count). The van der Waals surface area contributed by atoms with E-state index < -0.39 is 0 Å². The normalized spacial score (nSPS) is 22.3. The maximum Gasteiger partial charge on any atom is 0.157 e. The summed E-state index contributed by atoms with van der Waals surface area (Å²) in [4.78, 5) is 4.55. The molecule has 0 fully saturated rings. The molecule has 1 heterocycles. The molecule has 0 amide bonds. The van der Waals surface area contributed by atoms with Gasteiger partial charge in [-0.05, 0) is 18.8 Å². The van der Waals surface area contributed by atoms with Gasteiger partial charge in [0.15, 0.2) is 5.17 Å². The minimum atomic E-state index is 0.397. The summed E-state index contributed by atoms with van der Waals surface area (Å²) in [6.45, 7) is 8.43. The fraction of sp³-hybridized carbons (Fsp3) is 0.917. The Morgan fingerprint density at radius 3 is 2.88 bits per heavy atom. The van der Waals surface area contributed by atoms with Crippen molar-refractivity contribution in [2.75, 3.05) is 20.3 Å². The number of thioether (sulfide) groups is 1. The smallest absolute Gasteiger partial charge is 0.157 e. The van der Waals surface area contributed by atoms with Gasteiger partial charge in [0, 0.05) is 12.4 Å². The standard InChI is InChI=1S/C12H24N2OS/c1-5-10(8-15-4)14-12-13-7-11(16-12)6-9(2)3/h9-11H,5-8H2,1-4H3,(H,13,14). The van der Waals surface area contributed by atoms with E-state index in [-0.39, 0.29) is 0 Å². The summed E-state index contributed by atoms with van der Waals surface area (Å²) in [5.41, 5.74) is 0. The van der Waals surface area contributed by atoms with E-state index in [0.717, 1.165) is 30.7 Å². The molecular formula is C12H24N2OS. The van der Waals surface area contributed by atoms with Crippen molar-refractivity contribution in [3.8, 4) is 0 Å². The highest BCUT2D eigenvalue weighted by atomic mass is 32.2. The zero-order valence-corrected chi connectivity index (χ0v) is 11.6. The molecule has 0 aliphatic carbocycles. The molecule has 1 aliphatic rings. The van der Waals surface area contributed by atoms with Crippen molar-refractivity contribution in [2.24, 2.45) is 10.9 Å². The van der Waals surface area contributed by atoms with Crippen LogP contribution in [0.4, 0.5) is 0 Å². The van der Waals surface area contributed by atoms with E-state index in [1.807, 2.05) is 11.8 Å². The summed E-state index contributed by atoms with van der Waals surface area (Å²) in [7, 11) is 1.75. The molecule has 0 spiro atoms. The fourth-order valence-electron chi connectivity index (χ4n) is 1.78. The quantitative estimate of drug-likeness (QED) is 0.779. The Morgan fingerprint density at radius 1 is 1.56 bits per heavy atom. The molecule has 0 saturated heterocycles. The number of nitrogens with zero attached hydrogens (tertiary/aromatic N) is 1. The third-order valence-electron chi connectivity index (χ3n) is 2.64. The molecule has 3 nitrogen and oxygen atoms in total. The monoisotopic (exact) mass is 244 g/mol. The molecule has 2 unspecified atom stereocenters. The Morgan fingerprint density at radius 2 is 2.31 bits per heavy atom. The summed E-state index contributed by atoms with van der Waals surface area (Å²) in [6.07, 6.45) is 2.32. The fourth-order valence-corrected chi connectivity index (χ4v) is 3.11. The SMILES string of the molecule is CCC(COC)NC1=NCC(CC(C)C)S1. The molecule has 0 aromatic rings. The van der Waals surface area contributed by atoms with Crippen LogP contribution in [0.25, 0.3) is 0 Å². The first-order chi connectivity index (χ1) is 7.65. The number of hydrogen-bond acceptors (Lipinski definition) is 4. The van der Waals surface area contributed by atoms with Gasteiger partial charge in [0.1, 0.15) is 0 Å². The Kier molecular flexibility index (Phi) is 6.21. The molecule has 0 aromatic carbocycles. The van der Waals surface area contributed by atoms with Crippen molar-refractivity contribution in [1.29, 1.82) is 0 Å². The number of rotatable bonds is 6. The Hall–Kier alpha value is -0.220. The van der Waals surface area contributed by atoms with Crippen LogP contribution in [-0.2, 0) is 4.74 Å². The molecule has 0 bridgehead atoms. The highest BCUT2D eigenvalue weighted by Gasteiger charge is 2.21. The lowest BCUT2D eigenvalue weighted by Crippen LogP contribution is -2.35. The van der Waals surface area contributed by atoms with Crippen LogP contribution in [0.3, 0.4) is 0 Å². The van der Waals surface area contributed by atoms with E-state index in [2.05, 4.69) is 31.1 Å². The van der Waals surface area contributed by atoms with Crippen LogP contribution < -0.4 is 5.32 Å². The van der Waals surface area contributed by atoms with Crippen molar-refractivity contribution in [3.63, 3.8) is 0 Å². The van der Waals surface area contributed by atoms with Crippen molar-refractivity contribution >= 4 is 16.9 Å². The van der Waals surface area contributed by atoms with E-state index in [4.69, 9.17) is 4.74 Å². The van der Waals surface area contributed by atoms with Crippen LogP contribution in [-0.4, -0.2) is 36.7 Å². The molecule has 0 aromatic heterocycles. The molecule has 0 radical (unpaired) electrons. The van der Waals surface area contributed by atoms with Crippen molar-refractivity contribution in [2.45, 2.75) is 44.9 Å². The molecule has 2 atom stereocenters. The minimum Gasteiger partial charge on any atom is -0.383 e. The van der Waals surface area contributed by atoms with Gasteiger partial charge in [-0.15, -0.1) is 0 Å². The van der Waals surface area contributed by atoms with E-state index in [1.54, 1.807) is 7.11 Å². The van der Waals surface area contributed by atoms with E-state index in [0.29, 0.717) is 11.3 Å². The Labute approximate surface area is 103 Å². The largest absolute Gasteiger partial charge is 0.383 e. The van der Waals surface area contributed by atoms with Gasteiger partial charge in [-0.1, -0.05) is 32.5 Å². The van der Waals surface area contributed by atoms with Crippen molar-refractivity contribution in [3.05, 3.63) is 0 Å². The van der Waals surface area contributed by atoms with Crippen LogP contribution >= 0.6 is 11.8 Å². The maximum absolute atomic E-state index is 5.17. The first-order valence-corrected chi connectivity index (χ1v) is 7.00. The number of aliphatic imine (C=N–C) groups is 1. The van der Waals surface area contributed by atoms with E-state index in [1.165, 1.54) is 6.42 Å². The third-order valence-corrected chi connectivity index (χ3v) is 3.78. The highest BCUT2D eigenvalue weighted by Crippen LogP contribution is 2.25. The van der Waals surface area contributed by atoms with Crippen LogP contribution in [0.2, 0.25) is 0 Å². The molecule has 0 saturated carbocycles. The summed E-state index contributed by atoms with van der Waals surface area (Å²) in [6, 6.07) is 0.397. The Balaban J connectivity index is 2.29. The second-order valence-corrected chi connectivity index (χ2v) is 6.01. The predicted octanol–water partition coefficient (Wildman–Crippen LogP) is 2.52. The van der Waals surface area contributed by atoms with Crippen LogP contribution in [0.5, 0.6) is 0 Å². The van der Waals surface area contributed by atoms with Gasteiger partial charge in [0.25, 0.3) is 0 Å². The lowest BCUT2D eigenvalue weighted by molar-refractivity contribution is 0.172. The van der Waals surface area contributed by atoms with Gasteiger partial charge in [0.05, 0.1) is 19.2 Å². The molecular weight excluding hydrogens is 220 g/mol. The summed E-state index contributed by atoms with van der Waals surface area (Å²) in [5.74, 6) is 0.757. The average Bonchev–Trinajstić information content (AvgIpc) is 2.64. The first-order valence-electron chi connectivity index (χ1n) is 6.12. The number of ether oxygens (including phenoxy) is 1. The summed E-state index contributed by atoms with van der Waals surface area (Å²) < 4.78 is 5.17. The second kappa shape index (κ2) is 7.17. The third kappa shape index (κ3) is 4.74. The van der Waals surface area contributed by atoms with Crippen molar-refractivity contribution < 1.29 is 4.74 Å². The molecule has 4 heteroatoms. The molecule has 1 N–H and O–H groups in total. The zero-order valence-electron chi connectivity index (χ0n) is 10.8. The van der Waals surface area contributed by atoms with Crippen LogP contribution in [0.15, 0.2) is 4.99 Å². The van der Waals surface area contributed by atoms with E-state index in [9.17, 15) is 0 Å². The average molecular weight is 244 g/mol. The molecule has 1 aliphatic heterocycles. The topological polar surface area (TPSA) is 33.6 Å². The first kappa shape index (κ1) is 13.8. The Bertz CT molecular complexity index is 231.